The molecule has 1 aromatic rings. The zero-order valence-corrected chi connectivity index (χ0v) is 8.32. The molecule has 76 valence electrons. The van der Waals surface area contributed by atoms with E-state index in [1.807, 2.05) is 6.92 Å². The van der Waals surface area contributed by atoms with Gasteiger partial charge in [-0.3, -0.25) is 9.78 Å². The summed E-state index contributed by atoms with van der Waals surface area (Å²) in [6.07, 6.45) is 1.06. The first-order valence-electron chi connectivity index (χ1n) is 4.48. The van der Waals surface area contributed by atoms with Gasteiger partial charge in [0, 0.05) is 24.0 Å². The Hall–Kier alpha value is -1.42. The van der Waals surface area contributed by atoms with Gasteiger partial charge in [0.15, 0.2) is 0 Å². The van der Waals surface area contributed by atoms with Crippen LogP contribution in [-0.2, 0) is 0 Å². The highest BCUT2D eigenvalue weighted by molar-refractivity contribution is 5.94. The van der Waals surface area contributed by atoms with E-state index >= 15 is 0 Å². The number of amides is 1. The number of carbonyl (C=O) groups excluding carboxylic acids is 1. The van der Waals surface area contributed by atoms with Crippen LogP contribution in [0, 0.1) is 6.92 Å². The fourth-order valence-corrected chi connectivity index (χ4v) is 1.03. The van der Waals surface area contributed by atoms with E-state index in [-0.39, 0.29) is 12.5 Å². The maximum Gasteiger partial charge on any atom is 0.251 e. The van der Waals surface area contributed by atoms with Gasteiger partial charge in [-0.05, 0) is 26.0 Å². The third kappa shape index (κ3) is 3.14. The Morgan fingerprint density at radius 1 is 1.71 bits per heavy atom. The third-order valence-corrected chi connectivity index (χ3v) is 1.72. The van der Waals surface area contributed by atoms with Gasteiger partial charge in [-0.1, -0.05) is 0 Å². The molecule has 0 spiro atoms. The predicted octanol–water partition coefficient (Wildman–Crippen LogP) is 0.501. The Labute approximate surface area is 83.0 Å². The number of aromatic nitrogens is 1. The van der Waals surface area contributed by atoms with Crippen molar-refractivity contribution in [2.75, 3.05) is 6.54 Å². The summed E-state index contributed by atoms with van der Waals surface area (Å²) in [6, 6.07) is 3.35. The van der Waals surface area contributed by atoms with Crippen molar-refractivity contribution in [1.82, 2.24) is 10.3 Å². The van der Waals surface area contributed by atoms with Crippen LogP contribution in [0.3, 0.4) is 0 Å². The van der Waals surface area contributed by atoms with Gasteiger partial charge in [-0.2, -0.15) is 0 Å². The maximum atomic E-state index is 11.5. The Morgan fingerprint density at radius 2 is 2.43 bits per heavy atom. The number of aliphatic hydroxyl groups excluding tert-OH is 1. The lowest BCUT2D eigenvalue weighted by molar-refractivity contribution is 0.0924. The average Bonchev–Trinajstić information content (AvgIpc) is 2.14. The SMILES string of the molecule is Cc1cc(C(=O)NC[C@H](C)O)ccn1. The molecular formula is C10H14N2O2. The Kier molecular flexibility index (Phi) is 3.59. The van der Waals surface area contributed by atoms with Gasteiger partial charge in [-0.25, -0.2) is 0 Å². The smallest absolute Gasteiger partial charge is 0.251 e. The summed E-state index contributed by atoms with van der Waals surface area (Å²) in [7, 11) is 0. The summed E-state index contributed by atoms with van der Waals surface area (Å²) < 4.78 is 0. The molecular weight excluding hydrogens is 180 g/mol. The first-order valence-corrected chi connectivity index (χ1v) is 4.48. The van der Waals surface area contributed by atoms with Crippen molar-refractivity contribution >= 4 is 5.91 Å². The molecule has 1 heterocycles. The van der Waals surface area contributed by atoms with Crippen molar-refractivity contribution in [1.29, 1.82) is 0 Å². The molecule has 2 N–H and O–H groups in total. The largest absolute Gasteiger partial charge is 0.392 e. The normalized spacial score (nSPS) is 12.2. The molecule has 0 unspecified atom stereocenters. The highest BCUT2D eigenvalue weighted by Gasteiger charge is 2.05. The van der Waals surface area contributed by atoms with Gasteiger partial charge in [0.25, 0.3) is 5.91 Å². The molecule has 4 nitrogen and oxygen atoms in total. The standard InChI is InChI=1S/C10H14N2O2/c1-7-5-9(3-4-11-7)10(14)12-6-8(2)13/h3-5,8,13H,6H2,1-2H3,(H,12,14)/t8-/m0/s1. The highest BCUT2D eigenvalue weighted by Crippen LogP contribution is 2.00. The average molecular weight is 194 g/mol. The minimum Gasteiger partial charge on any atom is -0.392 e. The number of aryl methyl sites for hydroxylation is 1. The van der Waals surface area contributed by atoms with Crippen molar-refractivity contribution in [3.8, 4) is 0 Å². The third-order valence-electron chi connectivity index (χ3n) is 1.72. The number of hydrogen-bond acceptors (Lipinski definition) is 3. The second kappa shape index (κ2) is 4.72. The first-order chi connectivity index (χ1) is 6.59. The lowest BCUT2D eigenvalue weighted by atomic mass is 10.2. The van der Waals surface area contributed by atoms with Crippen LogP contribution in [0.4, 0.5) is 0 Å². The number of pyridine rings is 1. The Bertz CT molecular complexity index is 324. The Balaban J connectivity index is 2.61. The molecule has 0 fully saturated rings. The zero-order chi connectivity index (χ0) is 10.6. The van der Waals surface area contributed by atoms with E-state index in [1.165, 1.54) is 0 Å². The lowest BCUT2D eigenvalue weighted by Gasteiger charge is -2.06. The zero-order valence-electron chi connectivity index (χ0n) is 8.32. The van der Waals surface area contributed by atoms with Crippen LogP contribution >= 0.6 is 0 Å². The monoisotopic (exact) mass is 194 g/mol. The van der Waals surface area contributed by atoms with Crippen LogP contribution in [0.1, 0.15) is 23.0 Å². The van der Waals surface area contributed by atoms with E-state index < -0.39 is 6.10 Å². The van der Waals surface area contributed by atoms with Crippen molar-refractivity contribution in [2.45, 2.75) is 20.0 Å². The summed E-state index contributed by atoms with van der Waals surface area (Å²) in [5, 5.41) is 11.6. The van der Waals surface area contributed by atoms with Crippen LogP contribution in [0.15, 0.2) is 18.3 Å². The summed E-state index contributed by atoms with van der Waals surface area (Å²) in [5.41, 5.74) is 1.37. The molecule has 14 heavy (non-hydrogen) atoms. The summed E-state index contributed by atoms with van der Waals surface area (Å²) in [6.45, 7) is 3.71. The summed E-state index contributed by atoms with van der Waals surface area (Å²) in [5.74, 6) is -0.184. The number of aliphatic hydroxyl groups is 1. The second-order valence-electron chi connectivity index (χ2n) is 3.24. The van der Waals surface area contributed by atoms with E-state index in [0.717, 1.165) is 5.69 Å². The number of hydrogen-bond donors (Lipinski definition) is 2. The second-order valence-corrected chi connectivity index (χ2v) is 3.24. The molecule has 1 rings (SSSR count). The van der Waals surface area contributed by atoms with Gasteiger partial charge in [0.1, 0.15) is 0 Å². The molecule has 4 heteroatoms. The van der Waals surface area contributed by atoms with Crippen molar-refractivity contribution in [3.05, 3.63) is 29.6 Å². The summed E-state index contributed by atoms with van der Waals surface area (Å²) >= 11 is 0. The summed E-state index contributed by atoms with van der Waals surface area (Å²) in [4.78, 5) is 15.4. The van der Waals surface area contributed by atoms with Crippen LogP contribution in [0.25, 0.3) is 0 Å². The van der Waals surface area contributed by atoms with Gasteiger partial charge >= 0.3 is 0 Å². The van der Waals surface area contributed by atoms with E-state index in [1.54, 1.807) is 25.3 Å². The van der Waals surface area contributed by atoms with Crippen molar-refractivity contribution in [2.24, 2.45) is 0 Å². The number of nitrogens with zero attached hydrogens (tertiary/aromatic N) is 1. The van der Waals surface area contributed by atoms with E-state index in [2.05, 4.69) is 10.3 Å². The molecule has 0 saturated heterocycles. The quantitative estimate of drug-likeness (QED) is 0.736. The maximum absolute atomic E-state index is 11.5. The molecule has 0 aromatic carbocycles. The molecule has 0 bridgehead atoms. The van der Waals surface area contributed by atoms with Crippen LogP contribution in [0.2, 0.25) is 0 Å². The molecule has 1 atom stereocenters. The molecule has 0 aliphatic rings. The van der Waals surface area contributed by atoms with Gasteiger partial charge < -0.3 is 10.4 Å². The highest BCUT2D eigenvalue weighted by atomic mass is 16.3. The fraction of sp³-hybridized carbons (Fsp3) is 0.400. The first kappa shape index (κ1) is 10.7. The molecule has 1 aromatic heterocycles. The van der Waals surface area contributed by atoms with Gasteiger partial charge in [-0.15, -0.1) is 0 Å². The van der Waals surface area contributed by atoms with E-state index in [4.69, 9.17) is 5.11 Å². The molecule has 0 radical (unpaired) electrons. The number of carbonyl (C=O) groups is 1. The Morgan fingerprint density at radius 3 is 3.00 bits per heavy atom. The topological polar surface area (TPSA) is 62.2 Å². The fourth-order valence-electron chi connectivity index (χ4n) is 1.03. The number of rotatable bonds is 3. The lowest BCUT2D eigenvalue weighted by Crippen LogP contribution is -2.30. The van der Waals surface area contributed by atoms with Crippen molar-refractivity contribution in [3.63, 3.8) is 0 Å². The van der Waals surface area contributed by atoms with Crippen LogP contribution < -0.4 is 5.32 Å². The van der Waals surface area contributed by atoms with Crippen LogP contribution in [0.5, 0.6) is 0 Å². The minimum absolute atomic E-state index is 0.184. The van der Waals surface area contributed by atoms with Crippen molar-refractivity contribution < 1.29 is 9.90 Å². The molecule has 0 aliphatic heterocycles. The minimum atomic E-state index is -0.526. The van der Waals surface area contributed by atoms with E-state index in [0.29, 0.717) is 5.56 Å². The van der Waals surface area contributed by atoms with Gasteiger partial charge in [0.05, 0.1) is 6.10 Å². The van der Waals surface area contributed by atoms with E-state index in [9.17, 15) is 4.79 Å². The van der Waals surface area contributed by atoms with Gasteiger partial charge in [0.2, 0.25) is 0 Å². The predicted molar refractivity (Wildman–Crippen MR) is 53.0 cm³/mol. The molecule has 0 saturated carbocycles. The van der Waals surface area contributed by atoms with Crippen LogP contribution in [-0.4, -0.2) is 28.6 Å². The number of nitrogens with one attached hydrogen (secondary N) is 1. The molecule has 0 aliphatic carbocycles. The molecule has 1 amide bonds.